The van der Waals surface area contributed by atoms with Crippen molar-refractivity contribution in [2.45, 2.75) is 59.4 Å². The van der Waals surface area contributed by atoms with Gasteiger partial charge in [0.2, 0.25) is 0 Å². The molecule has 0 fully saturated rings. The zero-order valence-corrected chi connectivity index (χ0v) is 15.9. The van der Waals surface area contributed by atoms with Crippen LogP contribution in [-0.2, 0) is 20.6 Å². The molecule has 0 aromatic carbocycles. The number of hydrogen-bond donors (Lipinski definition) is 0. The second-order valence-corrected chi connectivity index (χ2v) is 12.6. The van der Waals surface area contributed by atoms with Crippen molar-refractivity contribution in [3.05, 3.63) is 30.1 Å². The van der Waals surface area contributed by atoms with E-state index in [1.807, 2.05) is 32.0 Å². The van der Waals surface area contributed by atoms with Gasteiger partial charge in [-0.25, -0.2) is 0 Å². The van der Waals surface area contributed by atoms with Crippen LogP contribution in [0.25, 0.3) is 0 Å². The van der Waals surface area contributed by atoms with Crippen LogP contribution in [0.4, 0.5) is 0 Å². The van der Waals surface area contributed by atoms with Gasteiger partial charge in [-0.05, 0) is 44.1 Å². The van der Waals surface area contributed by atoms with Crippen LogP contribution in [0, 0.1) is 5.41 Å². The Balaban J connectivity index is 2.56. The maximum absolute atomic E-state index is 12.3. The average molecular weight is 324 g/mol. The zero-order chi connectivity index (χ0) is 17.0. The van der Waals surface area contributed by atoms with E-state index in [0.717, 1.165) is 5.69 Å². The summed E-state index contributed by atoms with van der Waals surface area (Å²) < 4.78 is 11.5. The first-order valence-electron chi connectivity index (χ1n) is 7.67. The fraction of sp³-hybridized carbons (Fsp3) is 0.647. The van der Waals surface area contributed by atoms with Gasteiger partial charge in [-0.1, -0.05) is 26.8 Å². The highest BCUT2D eigenvalue weighted by molar-refractivity contribution is 6.74. The second kappa shape index (κ2) is 6.92. The van der Waals surface area contributed by atoms with Crippen molar-refractivity contribution in [3.63, 3.8) is 0 Å². The minimum Gasteiger partial charge on any atom is -0.459 e. The van der Waals surface area contributed by atoms with Gasteiger partial charge in [-0.2, -0.15) is 0 Å². The maximum Gasteiger partial charge on any atom is 0.314 e. The van der Waals surface area contributed by atoms with E-state index in [4.69, 9.17) is 9.16 Å². The molecule has 0 aliphatic heterocycles. The standard InChI is InChI=1S/C17H29NO3Si/c1-16(2,3)22(6,7)21-13-17(4,5)15(19)20-12-14-10-8-9-11-18-14/h8-11H,12-13H2,1-7H3. The number of carbonyl (C=O) groups is 1. The Bertz CT molecular complexity index is 492. The summed E-state index contributed by atoms with van der Waals surface area (Å²) in [6.07, 6.45) is 1.69. The largest absolute Gasteiger partial charge is 0.459 e. The first-order chi connectivity index (χ1) is 9.96. The summed E-state index contributed by atoms with van der Waals surface area (Å²) in [5, 5.41) is 0.126. The van der Waals surface area contributed by atoms with Crippen molar-refractivity contribution in [2.75, 3.05) is 6.61 Å². The molecule has 0 N–H and O–H groups in total. The monoisotopic (exact) mass is 323 g/mol. The number of rotatable bonds is 6. The van der Waals surface area contributed by atoms with Gasteiger partial charge in [0.15, 0.2) is 8.32 Å². The second-order valence-electron chi connectivity index (χ2n) is 7.83. The lowest BCUT2D eigenvalue weighted by Gasteiger charge is -2.38. The average Bonchev–Trinajstić information content (AvgIpc) is 2.42. The van der Waals surface area contributed by atoms with Crippen LogP contribution >= 0.6 is 0 Å². The van der Waals surface area contributed by atoms with Crippen LogP contribution in [0.3, 0.4) is 0 Å². The maximum atomic E-state index is 12.3. The quantitative estimate of drug-likeness (QED) is 0.582. The van der Waals surface area contributed by atoms with E-state index in [9.17, 15) is 4.79 Å². The molecule has 0 bridgehead atoms. The first-order valence-corrected chi connectivity index (χ1v) is 10.6. The van der Waals surface area contributed by atoms with Gasteiger partial charge in [0.1, 0.15) is 6.61 Å². The third-order valence-electron chi connectivity index (χ3n) is 4.23. The lowest BCUT2D eigenvalue weighted by molar-refractivity contribution is -0.157. The van der Waals surface area contributed by atoms with Crippen molar-refractivity contribution >= 4 is 14.3 Å². The highest BCUT2D eigenvalue weighted by atomic mass is 28.4. The van der Waals surface area contributed by atoms with Crippen LogP contribution in [0.15, 0.2) is 24.4 Å². The molecule has 124 valence electrons. The van der Waals surface area contributed by atoms with E-state index in [0.29, 0.717) is 6.61 Å². The Kier molecular flexibility index (Phi) is 5.93. The molecule has 1 aromatic rings. The van der Waals surface area contributed by atoms with Crippen LogP contribution in [-0.4, -0.2) is 25.9 Å². The van der Waals surface area contributed by atoms with Crippen molar-refractivity contribution in [3.8, 4) is 0 Å². The fourth-order valence-electron chi connectivity index (χ4n) is 1.45. The lowest BCUT2D eigenvalue weighted by atomic mass is 9.95. The number of esters is 1. The molecule has 1 heterocycles. The molecule has 0 radical (unpaired) electrons. The van der Waals surface area contributed by atoms with Crippen LogP contribution < -0.4 is 0 Å². The number of hydrogen-bond acceptors (Lipinski definition) is 4. The molecule has 0 saturated carbocycles. The van der Waals surface area contributed by atoms with Crippen molar-refractivity contribution in [2.24, 2.45) is 5.41 Å². The molecule has 0 unspecified atom stereocenters. The van der Waals surface area contributed by atoms with Crippen molar-refractivity contribution in [1.82, 2.24) is 4.98 Å². The van der Waals surface area contributed by atoms with Gasteiger partial charge in [0, 0.05) is 12.8 Å². The third kappa shape index (κ3) is 5.21. The Hall–Kier alpha value is -1.20. The molecule has 0 atom stereocenters. The Morgan fingerprint density at radius 3 is 2.32 bits per heavy atom. The fourth-order valence-corrected chi connectivity index (χ4v) is 2.61. The summed E-state index contributed by atoms with van der Waals surface area (Å²) in [5.41, 5.74) is 0.0848. The predicted molar refractivity (Wildman–Crippen MR) is 91.0 cm³/mol. The third-order valence-corrected chi connectivity index (χ3v) is 8.71. The van der Waals surface area contributed by atoms with Gasteiger partial charge in [0.25, 0.3) is 0 Å². The van der Waals surface area contributed by atoms with Crippen molar-refractivity contribution < 1.29 is 14.0 Å². The normalized spacial score (nSPS) is 13.0. The topological polar surface area (TPSA) is 48.4 Å². The number of nitrogens with zero attached hydrogens (tertiary/aromatic N) is 1. The Labute approximate surface area is 135 Å². The van der Waals surface area contributed by atoms with E-state index >= 15 is 0 Å². The van der Waals surface area contributed by atoms with Crippen LogP contribution in [0.1, 0.15) is 40.3 Å². The SMILES string of the molecule is CC(C)(CO[Si](C)(C)C(C)(C)C)C(=O)OCc1ccccn1. The van der Waals surface area contributed by atoms with Crippen LogP contribution in [0.2, 0.25) is 18.1 Å². The summed E-state index contributed by atoms with van der Waals surface area (Å²) >= 11 is 0. The van der Waals surface area contributed by atoms with E-state index in [2.05, 4.69) is 38.8 Å². The van der Waals surface area contributed by atoms with Crippen molar-refractivity contribution in [1.29, 1.82) is 0 Å². The molecule has 0 amide bonds. The van der Waals surface area contributed by atoms with E-state index < -0.39 is 13.7 Å². The molecular formula is C17H29NO3Si. The molecule has 5 heteroatoms. The molecule has 22 heavy (non-hydrogen) atoms. The summed E-state index contributed by atoms with van der Waals surface area (Å²) in [6, 6.07) is 5.55. The summed E-state index contributed by atoms with van der Waals surface area (Å²) in [5.74, 6) is -0.253. The number of carbonyl (C=O) groups excluding carboxylic acids is 1. The van der Waals surface area contributed by atoms with Gasteiger partial charge in [-0.3, -0.25) is 9.78 Å². The zero-order valence-electron chi connectivity index (χ0n) is 14.9. The summed E-state index contributed by atoms with van der Waals surface area (Å²) in [4.78, 5) is 16.4. The Morgan fingerprint density at radius 2 is 1.82 bits per heavy atom. The molecule has 0 aliphatic rings. The Morgan fingerprint density at radius 1 is 1.18 bits per heavy atom. The lowest BCUT2D eigenvalue weighted by Crippen LogP contribution is -2.44. The molecule has 1 aromatic heterocycles. The highest BCUT2D eigenvalue weighted by Crippen LogP contribution is 2.37. The molecule has 0 saturated heterocycles. The summed E-state index contributed by atoms with van der Waals surface area (Å²) in [7, 11) is -1.87. The number of ether oxygens (including phenoxy) is 1. The summed E-state index contributed by atoms with van der Waals surface area (Å²) in [6.45, 7) is 15.2. The molecule has 0 spiro atoms. The first kappa shape index (κ1) is 18.8. The smallest absolute Gasteiger partial charge is 0.314 e. The molecule has 1 rings (SSSR count). The van der Waals surface area contributed by atoms with Gasteiger partial charge < -0.3 is 9.16 Å². The minimum atomic E-state index is -1.87. The van der Waals surface area contributed by atoms with Gasteiger partial charge in [-0.15, -0.1) is 0 Å². The minimum absolute atomic E-state index is 0.126. The van der Waals surface area contributed by atoms with E-state index in [1.54, 1.807) is 6.20 Å². The number of pyridine rings is 1. The van der Waals surface area contributed by atoms with E-state index in [1.165, 1.54) is 0 Å². The highest BCUT2D eigenvalue weighted by Gasteiger charge is 2.40. The number of aromatic nitrogens is 1. The molecular weight excluding hydrogens is 294 g/mol. The van der Waals surface area contributed by atoms with Crippen LogP contribution in [0.5, 0.6) is 0 Å². The predicted octanol–water partition coefficient (Wildman–Crippen LogP) is 4.17. The van der Waals surface area contributed by atoms with Gasteiger partial charge >= 0.3 is 5.97 Å². The van der Waals surface area contributed by atoms with Gasteiger partial charge in [0.05, 0.1) is 11.1 Å². The molecule has 0 aliphatic carbocycles. The van der Waals surface area contributed by atoms with E-state index in [-0.39, 0.29) is 17.6 Å². The molecule has 4 nitrogen and oxygen atoms in total.